The number of carbonyl (C=O) groups excluding carboxylic acids is 1. The highest BCUT2D eigenvalue weighted by atomic mass is 35.5. The van der Waals surface area contributed by atoms with Gasteiger partial charge < -0.3 is 10.0 Å². The van der Waals surface area contributed by atoms with Gasteiger partial charge in [0.15, 0.2) is 0 Å². The number of hydrogen-bond donors (Lipinski definition) is 1. The maximum absolute atomic E-state index is 13.0. The smallest absolute Gasteiger partial charge is 0.326 e. The fourth-order valence-corrected chi connectivity index (χ4v) is 3.67. The van der Waals surface area contributed by atoms with Gasteiger partial charge in [-0.3, -0.25) is 4.79 Å². The van der Waals surface area contributed by atoms with E-state index in [1.165, 1.54) is 0 Å². The van der Waals surface area contributed by atoms with E-state index < -0.39 is 17.4 Å². The van der Waals surface area contributed by atoms with Gasteiger partial charge in [0.2, 0.25) is 5.91 Å². The van der Waals surface area contributed by atoms with Crippen LogP contribution in [0.25, 0.3) is 0 Å². The van der Waals surface area contributed by atoms with E-state index in [1.807, 2.05) is 18.2 Å². The Hall–Kier alpha value is -1.55. The molecule has 0 bridgehead atoms. The van der Waals surface area contributed by atoms with Gasteiger partial charge in [0.05, 0.1) is 5.41 Å². The van der Waals surface area contributed by atoms with Crippen molar-refractivity contribution < 1.29 is 14.7 Å². The number of carbonyl (C=O) groups is 2. The molecule has 5 heteroatoms. The first kappa shape index (κ1) is 14.4. The van der Waals surface area contributed by atoms with E-state index in [-0.39, 0.29) is 5.91 Å². The van der Waals surface area contributed by atoms with Crippen LogP contribution in [0.5, 0.6) is 0 Å². The van der Waals surface area contributed by atoms with E-state index in [2.05, 4.69) is 0 Å². The molecule has 1 aliphatic heterocycles. The summed E-state index contributed by atoms with van der Waals surface area (Å²) in [5.74, 6) is -0.942. The number of halogens is 1. The lowest BCUT2D eigenvalue weighted by Crippen LogP contribution is -2.53. The van der Waals surface area contributed by atoms with Crippen LogP contribution in [0.2, 0.25) is 5.02 Å². The van der Waals surface area contributed by atoms with Crippen LogP contribution < -0.4 is 0 Å². The first-order valence-corrected chi connectivity index (χ1v) is 7.72. The molecule has 4 nitrogen and oxygen atoms in total. The Morgan fingerprint density at radius 1 is 1.29 bits per heavy atom. The largest absolute Gasteiger partial charge is 0.480 e. The standard InChI is InChI=1S/C16H18ClNO3/c17-12-5-1-4-11(10-12)16(7-3-8-16)15(21)18-9-2-6-13(18)14(19)20/h1,4-5,10,13H,2-3,6-9H2,(H,19,20)/t13-/m1/s1. The number of benzene rings is 1. The van der Waals surface area contributed by atoms with Crippen molar-refractivity contribution in [1.29, 1.82) is 0 Å². The lowest BCUT2D eigenvalue weighted by atomic mass is 9.63. The Bertz CT molecular complexity index is 583. The van der Waals surface area contributed by atoms with Gasteiger partial charge in [0, 0.05) is 11.6 Å². The van der Waals surface area contributed by atoms with Crippen molar-refractivity contribution in [2.75, 3.05) is 6.54 Å². The number of aliphatic carboxylic acids is 1. The number of nitrogens with zero attached hydrogens (tertiary/aromatic N) is 1. The summed E-state index contributed by atoms with van der Waals surface area (Å²) in [6.45, 7) is 0.540. The van der Waals surface area contributed by atoms with Crippen LogP contribution in [0.4, 0.5) is 0 Å². The highest BCUT2D eigenvalue weighted by Crippen LogP contribution is 2.46. The number of carboxylic acids is 1. The molecule has 2 aliphatic rings. The number of likely N-dealkylation sites (tertiary alicyclic amines) is 1. The molecule has 21 heavy (non-hydrogen) atoms. The average Bonchev–Trinajstić information content (AvgIpc) is 2.86. The van der Waals surface area contributed by atoms with Crippen LogP contribution in [-0.2, 0) is 15.0 Å². The Balaban J connectivity index is 1.92. The summed E-state index contributed by atoms with van der Waals surface area (Å²) in [4.78, 5) is 25.9. The van der Waals surface area contributed by atoms with Crippen LogP contribution in [0.1, 0.15) is 37.7 Å². The molecule has 112 valence electrons. The third kappa shape index (κ3) is 2.31. The van der Waals surface area contributed by atoms with Crippen molar-refractivity contribution in [3.05, 3.63) is 34.9 Å². The van der Waals surface area contributed by atoms with Crippen molar-refractivity contribution in [3.8, 4) is 0 Å². The normalized spacial score (nSPS) is 23.7. The summed E-state index contributed by atoms with van der Waals surface area (Å²) in [6.07, 6.45) is 3.84. The maximum atomic E-state index is 13.0. The summed E-state index contributed by atoms with van der Waals surface area (Å²) in [6, 6.07) is 6.73. The summed E-state index contributed by atoms with van der Waals surface area (Å²) in [5, 5.41) is 9.90. The molecule has 1 saturated carbocycles. The lowest BCUT2D eigenvalue weighted by Gasteiger charge is -2.44. The molecule has 3 rings (SSSR count). The first-order valence-electron chi connectivity index (χ1n) is 7.34. The Morgan fingerprint density at radius 3 is 2.62 bits per heavy atom. The van der Waals surface area contributed by atoms with Crippen molar-refractivity contribution in [2.45, 2.75) is 43.6 Å². The van der Waals surface area contributed by atoms with Crippen LogP contribution in [0.3, 0.4) is 0 Å². The van der Waals surface area contributed by atoms with Crippen molar-refractivity contribution in [2.24, 2.45) is 0 Å². The highest BCUT2D eigenvalue weighted by Gasteiger charge is 2.50. The first-order chi connectivity index (χ1) is 10.0. The number of carboxylic acid groups (broad SMARTS) is 1. The quantitative estimate of drug-likeness (QED) is 0.934. The molecule has 1 aromatic carbocycles. The average molecular weight is 308 g/mol. The zero-order valence-electron chi connectivity index (χ0n) is 11.7. The van der Waals surface area contributed by atoms with Gasteiger partial charge in [-0.15, -0.1) is 0 Å². The van der Waals surface area contributed by atoms with E-state index in [0.717, 1.165) is 31.2 Å². The highest BCUT2D eigenvalue weighted by molar-refractivity contribution is 6.30. The van der Waals surface area contributed by atoms with Gasteiger partial charge in [0.1, 0.15) is 6.04 Å². The molecule has 2 fully saturated rings. The van der Waals surface area contributed by atoms with E-state index in [9.17, 15) is 14.7 Å². The molecular weight excluding hydrogens is 290 g/mol. The molecule has 1 amide bonds. The molecule has 1 atom stereocenters. The molecular formula is C16H18ClNO3. The summed E-state index contributed by atoms with van der Waals surface area (Å²) in [7, 11) is 0. The SMILES string of the molecule is O=C(O)[C@H]1CCCN1C(=O)C1(c2cccc(Cl)c2)CCC1. The van der Waals surface area contributed by atoms with Gasteiger partial charge in [-0.1, -0.05) is 30.2 Å². The molecule has 0 radical (unpaired) electrons. The summed E-state index contributed by atoms with van der Waals surface area (Å²) >= 11 is 6.06. The molecule has 1 saturated heterocycles. The second-order valence-electron chi connectivity index (χ2n) is 5.94. The summed E-state index contributed by atoms with van der Waals surface area (Å²) in [5.41, 5.74) is 0.352. The molecule has 1 heterocycles. The van der Waals surface area contributed by atoms with Crippen molar-refractivity contribution in [1.82, 2.24) is 4.90 Å². The molecule has 0 unspecified atom stereocenters. The topological polar surface area (TPSA) is 57.6 Å². The minimum atomic E-state index is -0.901. The minimum absolute atomic E-state index is 0.0408. The van der Waals surface area contributed by atoms with Crippen molar-refractivity contribution in [3.63, 3.8) is 0 Å². The van der Waals surface area contributed by atoms with Gasteiger partial charge >= 0.3 is 5.97 Å². The Morgan fingerprint density at radius 2 is 2.05 bits per heavy atom. The van der Waals surface area contributed by atoms with Crippen LogP contribution in [-0.4, -0.2) is 34.5 Å². The third-order valence-electron chi connectivity index (χ3n) is 4.79. The van der Waals surface area contributed by atoms with E-state index in [1.54, 1.807) is 11.0 Å². The number of rotatable bonds is 3. The van der Waals surface area contributed by atoms with Crippen molar-refractivity contribution >= 4 is 23.5 Å². The second kappa shape index (κ2) is 5.34. The predicted molar refractivity (Wildman–Crippen MR) is 79.4 cm³/mol. The van der Waals surface area contributed by atoms with Crippen LogP contribution in [0, 0.1) is 0 Å². The zero-order valence-corrected chi connectivity index (χ0v) is 12.5. The van der Waals surface area contributed by atoms with Crippen LogP contribution >= 0.6 is 11.6 Å². The third-order valence-corrected chi connectivity index (χ3v) is 5.03. The fourth-order valence-electron chi connectivity index (χ4n) is 3.48. The summed E-state index contributed by atoms with van der Waals surface area (Å²) < 4.78 is 0. The van der Waals surface area contributed by atoms with Gasteiger partial charge in [-0.25, -0.2) is 4.79 Å². The molecule has 1 N–H and O–H groups in total. The van der Waals surface area contributed by atoms with Gasteiger partial charge in [-0.05, 0) is 43.4 Å². The van der Waals surface area contributed by atoms with E-state index >= 15 is 0 Å². The number of amides is 1. The molecule has 0 spiro atoms. The van der Waals surface area contributed by atoms with Gasteiger partial charge in [0.25, 0.3) is 0 Å². The predicted octanol–water partition coefficient (Wildman–Crippen LogP) is 2.84. The molecule has 1 aromatic rings. The van der Waals surface area contributed by atoms with E-state index in [4.69, 9.17) is 11.6 Å². The Kier molecular flexibility index (Phi) is 3.66. The van der Waals surface area contributed by atoms with E-state index in [0.29, 0.717) is 18.0 Å². The fraction of sp³-hybridized carbons (Fsp3) is 0.500. The minimum Gasteiger partial charge on any atom is -0.480 e. The van der Waals surface area contributed by atoms with Crippen LogP contribution in [0.15, 0.2) is 24.3 Å². The second-order valence-corrected chi connectivity index (χ2v) is 6.38. The molecule has 0 aromatic heterocycles. The lowest BCUT2D eigenvalue weighted by molar-refractivity contribution is -0.152. The molecule has 1 aliphatic carbocycles. The maximum Gasteiger partial charge on any atom is 0.326 e. The zero-order chi connectivity index (χ0) is 15.0. The monoisotopic (exact) mass is 307 g/mol. The Labute approximate surface area is 128 Å². The van der Waals surface area contributed by atoms with Gasteiger partial charge in [-0.2, -0.15) is 0 Å². The number of hydrogen-bond acceptors (Lipinski definition) is 2.